The first-order valence-electron chi connectivity index (χ1n) is 11.6. The monoisotopic (exact) mass is 484 g/mol. The van der Waals surface area contributed by atoms with Crippen LogP contribution < -0.4 is 9.80 Å². The lowest BCUT2D eigenvalue weighted by Gasteiger charge is -2.35. The number of amides is 2. The van der Waals surface area contributed by atoms with Crippen molar-refractivity contribution in [3.05, 3.63) is 88.9 Å². The van der Waals surface area contributed by atoms with Crippen LogP contribution in [0.25, 0.3) is 0 Å². The first-order valence-corrected chi connectivity index (χ1v) is 11.6. The third-order valence-corrected chi connectivity index (χ3v) is 6.34. The Hall–Kier alpha value is -4.38. The number of aromatic nitrogens is 1. The lowest BCUT2D eigenvalue weighted by atomic mass is 9.95. The molecule has 2 heterocycles. The lowest BCUT2D eigenvalue weighted by Crippen LogP contribution is -2.50. The van der Waals surface area contributed by atoms with Gasteiger partial charge in [0.15, 0.2) is 5.78 Å². The van der Waals surface area contributed by atoms with Gasteiger partial charge in [-0.2, -0.15) is 5.26 Å². The largest absolute Gasteiger partial charge is 0.297 e. The fraction of sp³-hybridized carbons (Fsp3) is 0.250. The smallest absolute Gasteiger partial charge is 0.251 e. The SMILES string of the molecule is CC(=O)[C@H](c1ccccc1C)N(C(=O)[C@@H]1CCC(=O)N1c1cc(C#N)ccn1)c1cc(C)ccc1F. The van der Waals surface area contributed by atoms with E-state index in [-0.39, 0.29) is 41.6 Å². The Bertz CT molecular complexity index is 1400. The van der Waals surface area contributed by atoms with Crippen LogP contribution in [-0.4, -0.2) is 28.6 Å². The summed E-state index contributed by atoms with van der Waals surface area (Å²) < 4.78 is 15.3. The van der Waals surface area contributed by atoms with Crippen molar-refractivity contribution in [2.24, 2.45) is 0 Å². The summed E-state index contributed by atoms with van der Waals surface area (Å²) >= 11 is 0. The Morgan fingerprint density at radius 3 is 2.61 bits per heavy atom. The molecule has 3 aromatic rings. The van der Waals surface area contributed by atoms with Crippen LogP contribution in [0.2, 0.25) is 0 Å². The fourth-order valence-electron chi connectivity index (χ4n) is 4.61. The zero-order chi connectivity index (χ0) is 26.0. The predicted molar refractivity (Wildman–Crippen MR) is 133 cm³/mol. The second kappa shape index (κ2) is 10.1. The number of benzene rings is 2. The average molecular weight is 485 g/mol. The summed E-state index contributed by atoms with van der Waals surface area (Å²) in [5.74, 6) is -1.78. The van der Waals surface area contributed by atoms with Crippen molar-refractivity contribution in [2.75, 3.05) is 9.80 Å². The van der Waals surface area contributed by atoms with Gasteiger partial charge in [-0.15, -0.1) is 0 Å². The molecule has 36 heavy (non-hydrogen) atoms. The number of rotatable bonds is 6. The summed E-state index contributed by atoms with van der Waals surface area (Å²) in [6, 6.07) is 14.3. The summed E-state index contributed by atoms with van der Waals surface area (Å²) in [6.07, 6.45) is 1.64. The minimum atomic E-state index is -1.11. The molecule has 1 saturated heterocycles. The van der Waals surface area contributed by atoms with Gasteiger partial charge in [0.2, 0.25) is 5.91 Å². The Morgan fingerprint density at radius 2 is 1.92 bits per heavy atom. The number of halogens is 1. The Morgan fingerprint density at radius 1 is 1.17 bits per heavy atom. The second-order valence-electron chi connectivity index (χ2n) is 8.87. The van der Waals surface area contributed by atoms with Gasteiger partial charge in [-0.1, -0.05) is 30.3 Å². The highest BCUT2D eigenvalue weighted by atomic mass is 19.1. The number of ketones is 1. The van der Waals surface area contributed by atoms with Crippen LogP contribution in [0.3, 0.4) is 0 Å². The molecular weight excluding hydrogens is 459 g/mol. The Balaban J connectivity index is 1.89. The van der Waals surface area contributed by atoms with E-state index < -0.39 is 23.8 Å². The van der Waals surface area contributed by atoms with Crippen LogP contribution in [0.5, 0.6) is 0 Å². The number of hydrogen-bond donors (Lipinski definition) is 0. The number of carbonyl (C=O) groups is 3. The van der Waals surface area contributed by atoms with Crippen molar-refractivity contribution >= 4 is 29.1 Å². The Kier molecular flexibility index (Phi) is 6.93. The molecule has 2 amide bonds. The van der Waals surface area contributed by atoms with E-state index in [1.54, 1.807) is 25.1 Å². The second-order valence-corrected chi connectivity index (χ2v) is 8.87. The predicted octanol–water partition coefficient (Wildman–Crippen LogP) is 4.57. The lowest BCUT2D eigenvalue weighted by molar-refractivity contribution is -0.125. The van der Waals surface area contributed by atoms with Crippen LogP contribution >= 0.6 is 0 Å². The minimum absolute atomic E-state index is 0.0403. The number of anilines is 2. The van der Waals surface area contributed by atoms with Gasteiger partial charge in [0.05, 0.1) is 17.3 Å². The van der Waals surface area contributed by atoms with Crippen molar-refractivity contribution in [1.82, 2.24) is 4.98 Å². The van der Waals surface area contributed by atoms with Gasteiger partial charge in [0, 0.05) is 12.6 Å². The summed E-state index contributed by atoms with van der Waals surface area (Å²) in [4.78, 5) is 46.9. The van der Waals surface area contributed by atoms with Crippen LogP contribution in [0.1, 0.15) is 48.1 Å². The van der Waals surface area contributed by atoms with E-state index >= 15 is 4.39 Å². The zero-order valence-corrected chi connectivity index (χ0v) is 20.2. The van der Waals surface area contributed by atoms with Gasteiger partial charge in [0.25, 0.3) is 5.91 Å². The molecule has 1 aromatic heterocycles. The molecule has 1 aliphatic rings. The van der Waals surface area contributed by atoms with E-state index in [1.165, 1.54) is 47.2 Å². The molecule has 0 saturated carbocycles. The fourth-order valence-corrected chi connectivity index (χ4v) is 4.61. The van der Waals surface area contributed by atoms with Crippen molar-refractivity contribution in [2.45, 2.75) is 45.7 Å². The van der Waals surface area contributed by atoms with Crippen LogP contribution in [0, 0.1) is 31.0 Å². The summed E-state index contributed by atoms with van der Waals surface area (Å²) in [7, 11) is 0. The van der Waals surface area contributed by atoms with Crippen LogP contribution in [0.15, 0.2) is 60.8 Å². The third kappa shape index (κ3) is 4.60. The molecular formula is C28H25FN4O3. The summed E-state index contributed by atoms with van der Waals surface area (Å²) in [5, 5.41) is 9.29. The van der Waals surface area contributed by atoms with Gasteiger partial charge in [-0.3, -0.25) is 24.2 Å². The summed E-state index contributed by atoms with van der Waals surface area (Å²) in [6.45, 7) is 4.95. The number of nitrogens with zero attached hydrogens (tertiary/aromatic N) is 4. The van der Waals surface area contributed by atoms with Crippen molar-refractivity contribution in [1.29, 1.82) is 5.26 Å². The van der Waals surface area contributed by atoms with Gasteiger partial charge in [0.1, 0.15) is 23.7 Å². The van der Waals surface area contributed by atoms with E-state index in [1.807, 2.05) is 25.1 Å². The first kappa shape index (κ1) is 24.7. The van der Waals surface area contributed by atoms with Gasteiger partial charge < -0.3 is 0 Å². The van der Waals surface area contributed by atoms with Gasteiger partial charge >= 0.3 is 0 Å². The number of Topliss-reactive ketones (excluding diaryl/α,β-unsaturated/α-hetero) is 1. The van der Waals surface area contributed by atoms with Crippen LogP contribution in [0.4, 0.5) is 15.9 Å². The molecule has 1 aliphatic heterocycles. The molecule has 0 N–H and O–H groups in total. The topological polar surface area (TPSA) is 94.4 Å². The third-order valence-electron chi connectivity index (χ3n) is 6.34. The number of pyridine rings is 1. The number of aryl methyl sites for hydroxylation is 2. The highest BCUT2D eigenvalue weighted by Crippen LogP contribution is 2.36. The molecule has 7 nitrogen and oxygen atoms in total. The van der Waals surface area contributed by atoms with Gasteiger partial charge in [-0.05, 0) is 68.1 Å². The first-order chi connectivity index (χ1) is 17.2. The number of carbonyl (C=O) groups excluding carboxylic acids is 3. The summed E-state index contributed by atoms with van der Waals surface area (Å²) in [5.41, 5.74) is 2.29. The molecule has 4 rings (SSSR count). The molecule has 1 fully saturated rings. The molecule has 182 valence electrons. The van der Waals surface area contributed by atoms with E-state index in [0.717, 1.165) is 5.56 Å². The molecule has 0 bridgehead atoms. The standard InChI is InChI=1S/C28H25FN4O3/c1-17-8-9-22(29)24(14-17)33(27(19(3)34)21-7-5-4-6-18(21)2)28(36)23-10-11-26(35)32(23)25-15-20(16-30)12-13-31-25/h4-9,12-15,23,27H,10-11H2,1-3H3/t23-,27+/m0/s1. The van der Waals surface area contributed by atoms with E-state index in [4.69, 9.17) is 0 Å². The Labute approximate surface area is 208 Å². The normalized spacial score (nSPS) is 15.9. The molecule has 0 aliphatic carbocycles. The van der Waals surface area contributed by atoms with Crippen molar-refractivity contribution in [3.8, 4) is 6.07 Å². The van der Waals surface area contributed by atoms with Crippen LogP contribution in [-0.2, 0) is 14.4 Å². The van der Waals surface area contributed by atoms with E-state index in [0.29, 0.717) is 11.1 Å². The maximum absolute atomic E-state index is 15.3. The molecule has 8 heteroatoms. The molecule has 2 atom stereocenters. The maximum Gasteiger partial charge on any atom is 0.251 e. The highest BCUT2D eigenvalue weighted by molar-refractivity contribution is 6.10. The van der Waals surface area contributed by atoms with E-state index in [2.05, 4.69) is 4.98 Å². The van der Waals surface area contributed by atoms with Crippen molar-refractivity contribution in [3.63, 3.8) is 0 Å². The van der Waals surface area contributed by atoms with E-state index in [9.17, 15) is 19.6 Å². The quantitative estimate of drug-likeness (QED) is 0.511. The molecule has 0 spiro atoms. The van der Waals surface area contributed by atoms with Crippen molar-refractivity contribution < 1.29 is 18.8 Å². The maximum atomic E-state index is 15.3. The van der Waals surface area contributed by atoms with Gasteiger partial charge in [-0.25, -0.2) is 9.37 Å². The molecule has 0 radical (unpaired) electrons. The molecule has 0 unspecified atom stereocenters. The molecule has 2 aromatic carbocycles. The number of nitriles is 1. The highest BCUT2D eigenvalue weighted by Gasteiger charge is 2.44. The number of hydrogen-bond acceptors (Lipinski definition) is 5. The zero-order valence-electron chi connectivity index (χ0n) is 20.2. The minimum Gasteiger partial charge on any atom is -0.297 e. The average Bonchev–Trinajstić information content (AvgIpc) is 3.25.